The molecule has 1 N–H and O–H groups in total. The van der Waals surface area contributed by atoms with Gasteiger partial charge in [0, 0.05) is 17.4 Å². The minimum absolute atomic E-state index is 0.00905. The van der Waals surface area contributed by atoms with E-state index in [1.54, 1.807) is 47.3 Å². The summed E-state index contributed by atoms with van der Waals surface area (Å²) in [5.74, 6) is 0.369. The lowest BCUT2D eigenvalue weighted by Gasteiger charge is -2.07. The summed E-state index contributed by atoms with van der Waals surface area (Å²) < 4.78 is 7.77. The zero-order valence-corrected chi connectivity index (χ0v) is 14.6. The van der Waals surface area contributed by atoms with Gasteiger partial charge in [0.25, 0.3) is 5.91 Å². The predicted octanol–water partition coefficient (Wildman–Crippen LogP) is 3.79. The van der Waals surface area contributed by atoms with Gasteiger partial charge in [-0.3, -0.25) is 4.79 Å². The Morgan fingerprint density at radius 2 is 1.92 bits per heavy atom. The number of aromatic nitrogens is 2. The number of carbonyl (C=O) groups is 1. The van der Waals surface area contributed by atoms with E-state index in [0.717, 1.165) is 10.2 Å². The van der Waals surface area contributed by atoms with Crippen molar-refractivity contribution in [3.8, 4) is 17.5 Å². The maximum Gasteiger partial charge on any atom is 0.255 e. The Morgan fingerprint density at radius 3 is 2.52 bits per heavy atom. The lowest BCUT2D eigenvalue weighted by molar-refractivity contribution is 0.102. The number of rotatable bonds is 5. The fraction of sp³-hybridized carbons (Fsp3) is 0.0556. The molecule has 0 unspecified atom stereocenters. The highest BCUT2D eigenvalue weighted by atomic mass is 79.9. The number of nitrogens with one attached hydrogen (secondary N) is 1. The Bertz CT molecular complexity index is 911. The first-order valence-corrected chi connectivity index (χ1v) is 8.17. The van der Waals surface area contributed by atoms with Gasteiger partial charge in [-0.1, -0.05) is 0 Å². The molecule has 0 saturated heterocycles. The van der Waals surface area contributed by atoms with Gasteiger partial charge in [0.15, 0.2) is 6.61 Å². The molecule has 0 aliphatic carbocycles. The molecule has 1 heterocycles. The molecule has 0 spiro atoms. The maximum absolute atomic E-state index is 12.3. The van der Waals surface area contributed by atoms with Gasteiger partial charge in [-0.15, -0.1) is 0 Å². The molecule has 6 nitrogen and oxygen atoms in total. The summed E-state index contributed by atoms with van der Waals surface area (Å²) in [6, 6.07) is 15.9. The highest BCUT2D eigenvalue weighted by Crippen LogP contribution is 2.17. The van der Waals surface area contributed by atoms with Gasteiger partial charge < -0.3 is 10.1 Å². The SMILES string of the molecule is N#CCOc1ccc(NC(=O)c2ccc(-n3cc(Br)cn3)cc2)cc1. The summed E-state index contributed by atoms with van der Waals surface area (Å²) in [5.41, 5.74) is 2.05. The van der Waals surface area contributed by atoms with Crippen molar-refractivity contribution in [2.75, 3.05) is 11.9 Å². The summed E-state index contributed by atoms with van der Waals surface area (Å²) in [4.78, 5) is 12.3. The molecule has 124 valence electrons. The van der Waals surface area contributed by atoms with Gasteiger partial charge in [-0.2, -0.15) is 10.4 Å². The van der Waals surface area contributed by atoms with Crippen molar-refractivity contribution in [3.63, 3.8) is 0 Å². The van der Waals surface area contributed by atoms with E-state index >= 15 is 0 Å². The standard InChI is InChI=1S/C18H13BrN4O2/c19-14-11-21-23(12-14)16-5-1-13(2-6-16)18(24)22-15-3-7-17(8-4-15)25-10-9-20/h1-8,11-12H,10H2,(H,22,24). The van der Waals surface area contributed by atoms with Crippen molar-refractivity contribution >= 4 is 27.5 Å². The topological polar surface area (TPSA) is 79.9 Å². The van der Waals surface area contributed by atoms with Crippen molar-refractivity contribution < 1.29 is 9.53 Å². The Morgan fingerprint density at radius 1 is 1.20 bits per heavy atom. The molecule has 3 rings (SSSR count). The molecule has 0 aliphatic heterocycles. The van der Waals surface area contributed by atoms with Crippen molar-refractivity contribution in [1.29, 1.82) is 5.26 Å². The highest BCUT2D eigenvalue weighted by Gasteiger charge is 2.07. The molecule has 0 radical (unpaired) electrons. The van der Waals surface area contributed by atoms with Crippen LogP contribution in [0.25, 0.3) is 5.69 Å². The van der Waals surface area contributed by atoms with Crippen LogP contribution in [0.3, 0.4) is 0 Å². The molecular formula is C18H13BrN4O2. The van der Waals surface area contributed by atoms with Gasteiger partial charge in [0.1, 0.15) is 11.8 Å². The van der Waals surface area contributed by atoms with E-state index in [2.05, 4.69) is 26.3 Å². The number of ether oxygens (including phenoxy) is 1. The van der Waals surface area contributed by atoms with Crippen LogP contribution in [0.5, 0.6) is 5.75 Å². The maximum atomic E-state index is 12.3. The van der Waals surface area contributed by atoms with E-state index in [-0.39, 0.29) is 12.5 Å². The van der Waals surface area contributed by atoms with Crippen LogP contribution in [0.1, 0.15) is 10.4 Å². The first kappa shape index (κ1) is 16.7. The quantitative estimate of drug-likeness (QED) is 0.711. The second-order valence-electron chi connectivity index (χ2n) is 5.08. The highest BCUT2D eigenvalue weighted by molar-refractivity contribution is 9.10. The molecule has 0 bridgehead atoms. The average molecular weight is 397 g/mol. The van der Waals surface area contributed by atoms with Crippen molar-refractivity contribution in [2.24, 2.45) is 0 Å². The zero-order valence-electron chi connectivity index (χ0n) is 13.0. The van der Waals surface area contributed by atoms with Crippen molar-refractivity contribution in [2.45, 2.75) is 0 Å². The summed E-state index contributed by atoms with van der Waals surface area (Å²) in [6.45, 7) is -0.00905. The van der Waals surface area contributed by atoms with Crippen LogP contribution in [0.2, 0.25) is 0 Å². The smallest absolute Gasteiger partial charge is 0.255 e. The molecular weight excluding hydrogens is 384 g/mol. The number of anilines is 1. The van der Waals surface area contributed by atoms with Crippen LogP contribution in [0, 0.1) is 11.3 Å². The van der Waals surface area contributed by atoms with E-state index in [1.807, 2.05) is 24.4 Å². The fourth-order valence-corrected chi connectivity index (χ4v) is 2.45. The predicted molar refractivity (Wildman–Crippen MR) is 96.8 cm³/mol. The van der Waals surface area contributed by atoms with E-state index < -0.39 is 0 Å². The van der Waals surface area contributed by atoms with Crippen LogP contribution in [0.15, 0.2) is 65.4 Å². The summed E-state index contributed by atoms with van der Waals surface area (Å²) in [6.07, 6.45) is 3.54. The summed E-state index contributed by atoms with van der Waals surface area (Å²) >= 11 is 3.35. The number of nitriles is 1. The third-order valence-electron chi connectivity index (χ3n) is 3.36. The summed E-state index contributed by atoms with van der Waals surface area (Å²) in [7, 11) is 0. The number of benzene rings is 2. The van der Waals surface area contributed by atoms with Gasteiger partial charge in [-0.05, 0) is 64.5 Å². The number of carbonyl (C=O) groups excluding carboxylic acids is 1. The lowest BCUT2D eigenvalue weighted by Crippen LogP contribution is -2.11. The molecule has 25 heavy (non-hydrogen) atoms. The minimum Gasteiger partial charge on any atom is -0.479 e. The van der Waals surface area contributed by atoms with Gasteiger partial charge >= 0.3 is 0 Å². The third kappa shape index (κ3) is 4.25. The molecule has 0 aliphatic rings. The molecule has 1 aromatic heterocycles. The van der Waals surface area contributed by atoms with Crippen LogP contribution in [0.4, 0.5) is 5.69 Å². The number of halogens is 1. The molecule has 0 saturated carbocycles. The van der Waals surface area contributed by atoms with E-state index in [9.17, 15) is 4.79 Å². The largest absolute Gasteiger partial charge is 0.479 e. The van der Waals surface area contributed by atoms with E-state index in [1.165, 1.54) is 0 Å². The molecule has 2 aromatic carbocycles. The second kappa shape index (κ2) is 7.64. The normalized spacial score (nSPS) is 10.1. The van der Waals surface area contributed by atoms with Crippen LogP contribution in [-0.4, -0.2) is 22.3 Å². The first-order valence-electron chi connectivity index (χ1n) is 7.37. The Hall–Kier alpha value is -3.11. The average Bonchev–Trinajstić information content (AvgIpc) is 3.07. The van der Waals surface area contributed by atoms with Crippen LogP contribution >= 0.6 is 15.9 Å². The first-order chi connectivity index (χ1) is 12.2. The van der Waals surface area contributed by atoms with Gasteiger partial charge in [0.2, 0.25) is 0 Å². The van der Waals surface area contributed by atoms with Crippen molar-refractivity contribution in [3.05, 3.63) is 71.0 Å². The monoisotopic (exact) mass is 396 g/mol. The Labute approximate surface area is 152 Å². The molecule has 7 heteroatoms. The number of hydrogen-bond acceptors (Lipinski definition) is 4. The van der Waals surface area contributed by atoms with E-state index in [4.69, 9.17) is 10.00 Å². The van der Waals surface area contributed by atoms with E-state index in [0.29, 0.717) is 17.0 Å². The second-order valence-corrected chi connectivity index (χ2v) is 5.99. The Balaban J connectivity index is 1.66. The number of nitrogens with zero attached hydrogens (tertiary/aromatic N) is 3. The van der Waals surface area contributed by atoms with Gasteiger partial charge in [0.05, 0.1) is 16.4 Å². The van der Waals surface area contributed by atoms with Gasteiger partial charge in [-0.25, -0.2) is 4.68 Å². The van der Waals surface area contributed by atoms with Crippen LogP contribution < -0.4 is 10.1 Å². The fourth-order valence-electron chi connectivity index (χ4n) is 2.16. The number of amides is 1. The number of hydrogen-bond donors (Lipinski definition) is 1. The minimum atomic E-state index is -0.209. The molecule has 0 fully saturated rings. The van der Waals surface area contributed by atoms with Crippen molar-refractivity contribution in [1.82, 2.24) is 9.78 Å². The van der Waals surface area contributed by atoms with Crippen LogP contribution in [-0.2, 0) is 0 Å². The molecule has 3 aromatic rings. The lowest BCUT2D eigenvalue weighted by atomic mass is 10.2. The Kier molecular flexibility index (Phi) is 5.11. The molecule has 1 amide bonds. The molecule has 0 atom stereocenters. The third-order valence-corrected chi connectivity index (χ3v) is 3.77. The zero-order chi connectivity index (χ0) is 17.6. The summed E-state index contributed by atoms with van der Waals surface area (Å²) in [5, 5.41) is 15.5.